The number of benzene rings is 1. The summed E-state index contributed by atoms with van der Waals surface area (Å²) in [5, 5.41) is 11.2. The molecule has 0 saturated carbocycles. The molecule has 0 bridgehead atoms. The highest BCUT2D eigenvalue weighted by Crippen LogP contribution is 2.29. The van der Waals surface area contributed by atoms with Gasteiger partial charge in [-0.25, -0.2) is 9.78 Å². The van der Waals surface area contributed by atoms with Crippen molar-refractivity contribution in [2.75, 3.05) is 31.6 Å². The summed E-state index contributed by atoms with van der Waals surface area (Å²) >= 11 is 1.17. The Hall–Kier alpha value is -3.75. The van der Waals surface area contributed by atoms with Crippen LogP contribution in [0, 0.1) is 11.3 Å². The number of esters is 1. The molecule has 11 heteroatoms. The van der Waals surface area contributed by atoms with Crippen molar-refractivity contribution >= 4 is 39.4 Å². The lowest BCUT2D eigenvalue weighted by molar-refractivity contribution is -0.145. The molecule has 0 radical (unpaired) electrons. The van der Waals surface area contributed by atoms with Gasteiger partial charge >= 0.3 is 5.97 Å². The van der Waals surface area contributed by atoms with Crippen LogP contribution in [0.2, 0.25) is 0 Å². The monoisotopic (exact) mass is 520 g/mol. The molecule has 1 unspecified atom stereocenters. The maximum Gasteiger partial charge on any atom is 0.328 e. The molecule has 5 rings (SSSR count). The number of piperidine rings is 1. The maximum atomic E-state index is 13.8. The van der Waals surface area contributed by atoms with E-state index in [-0.39, 0.29) is 24.1 Å². The number of thiophene rings is 1. The van der Waals surface area contributed by atoms with E-state index in [2.05, 4.69) is 6.07 Å². The first-order valence-electron chi connectivity index (χ1n) is 12.3. The third kappa shape index (κ3) is 4.58. The van der Waals surface area contributed by atoms with Crippen LogP contribution in [0.15, 0.2) is 34.4 Å². The van der Waals surface area contributed by atoms with Gasteiger partial charge in [-0.05, 0) is 37.3 Å². The molecule has 37 heavy (non-hydrogen) atoms. The highest BCUT2D eigenvalue weighted by Gasteiger charge is 2.37. The zero-order valence-electron chi connectivity index (χ0n) is 20.6. The number of fused-ring (bicyclic) bond motifs is 1. The molecule has 2 aliphatic heterocycles. The van der Waals surface area contributed by atoms with Crippen LogP contribution in [-0.2, 0) is 16.1 Å². The average molecular weight is 521 g/mol. The van der Waals surface area contributed by atoms with Crippen LogP contribution in [0.25, 0.3) is 10.2 Å². The standard InChI is InChI=1S/C26H28N6O4S/c1-36-25(35)20-9-5-11-31(20)23(33)19-15-37-22-21(19)29-26(30-10-4-8-18(28)14-30)32(24(22)34)13-17-7-3-2-6-16(17)12-27/h2-3,6-7,15,18,20H,4-5,8-11,13-14,28H2,1H3/t18-,20?/m1/s1. The molecule has 2 aliphatic rings. The molecule has 10 nitrogen and oxygen atoms in total. The number of methoxy groups -OCH3 is 1. The van der Waals surface area contributed by atoms with Crippen LogP contribution in [-0.4, -0.2) is 65.2 Å². The zero-order valence-corrected chi connectivity index (χ0v) is 21.4. The Labute approximate surface area is 217 Å². The Bertz CT molecular complexity index is 1460. The minimum absolute atomic E-state index is 0.0600. The van der Waals surface area contributed by atoms with Crippen LogP contribution in [0.4, 0.5) is 5.95 Å². The minimum atomic E-state index is -0.644. The molecule has 2 saturated heterocycles. The van der Waals surface area contributed by atoms with Gasteiger partial charge < -0.3 is 20.3 Å². The number of ether oxygens (including phenoxy) is 1. The summed E-state index contributed by atoms with van der Waals surface area (Å²) in [4.78, 5) is 48.1. The van der Waals surface area contributed by atoms with Crippen molar-refractivity contribution in [1.29, 1.82) is 5.26 Å². The summed E-state index contributed by atoms with van der Waals surface area (Å²) in [7, 11) is 1.31. The molecule has 2 N–H and O–H groups in total. The first-order valence-corrected chi connectivity index (χ1v) is 13.2. The van der Waals surface area contributed by atoms with E-state index in [1.54, 1.807) is 22.1 Å². The normalized spacial score (nSPS) is 19.7. The smallest absolute Gasteiger partial charge is 0.328 e. The minimum Gasteiger partial charge on any atom is -0.467 e. The Morgan fingerprint density at radius 2 is 2.03 bits per heavy atom. The summed E-state index contributed by atoms with van der Waals surface area (Å²) in [6.07, 6.45) is 2.97. The summed E-state index contributed by atoms with van der Waals surface area (Å²) in [6.45, 7) is 1.81. The number of nitriles is 1. The van der Waals surface area contributed by atoms with Gasteiger partial charge in [-0.1, -0.05) is 18.2 Å². The van der Waals surface area contributed by atoms with E-state index < -0.39 is 12.0 Å². The summed E-state index contributed by atoms with van der Waals surface area (Å²) in [6, 6.07) is 8.65. The second-order valence-corrected chi connectivity index (χ2v) is 10.3. The predicted octanol–water partition coefficient (Wildman–Crippen LogP) is 2.08. The van der Waals surface area contributed by atoms with Gasteiger partial charge in [0.25, 0.3) is 11.5 Å². The van der Waals surface area contributed by atoms with Crippen LogP contribution < -0.4 is 16.2 Å². The molecule has 3 aromatic rings. The van der Waals surface area contributed by atoms with Crippen molar-refractivity contribution in [2.45, 2.75) is 44.3 Å². The molecule has 0 aliphatic carbocycles. The maximum absolute atomic E-state index is 13.8. The number of aromatic nitrogens is 2. The Morgan fingerprint density at radius 3 is 2.78 bits per heavy atom. The first-order chi connectivity index (χ1) is 17.9. The quantitative estimate of drug-likeness (QED) is 0.506. The highest BCUT2D eigenvalue weighted by atomic mass is 32.1. The van der Waals surface area contributed by atoms with Crippen LogP contribution in [0.5, 0.6) is 0 Å². The summed E-state index contributed by atoms with van der Waals surface area (Å²) < 4.78 is 6.83. The molecule has 2 atom stereocenters. The number of hydrogen-bond donors (Lipinski definition) is 1. The van der Waals surface area contributed by atoms with Crippen molar-refractivity contribution < 1.29 is 14.3 Å². The van der Waals surface area contributed by atoms with Crippen molar-refractivity contribution in [1.82, 2.24) is 14.5 Å². The molecule has 0 spiro atoms. The second-order valence-electron chi connectivity index (χ2n) is 9.43. The third-order valence-corrected chi connectivity index (χ3v) is 8.04. The number of carbonyl (C=O) groups is 2. The molecular formula is C26H28N6O4S. The first kappa shape index (κ1) is 24.9. The lowest BCUT2D eigenvalue weighted by atomic mass is 10.1. The van der Waals surface area contributed by atoms with E-state index in [1.165, 1.54) is 23.3 Å². The number of likely N-dealkylation sites (tertiary alicyclic amines) is 1. The fraction of sp³-hybridized carbons (Fsp3) is 0.423. The lowest BCUT2D eigenvalue weighted by Crippen LogP contribution is -2.45. The number of hydrogen-bond acceptors (Lipinski definition) is 9. The number of anilines is 1. The van der Waals surface area contributed by atoms with E-state index in [0.29, 0.717) is 65.3 Å². The van der Waals surface area contributed by atoms with Gasteiger partial charge in [0.15, 0.2) is 0 Å². The number of carbonyl (C=O) groups excluding carboxylic acids is 2. The molecule has 1 amide bonds. The Balaban J connectivity index is 1.63. The lowest BCUT2D eigenvalue weighted by Gasteiger charge is -2.33. The van der Waals surface area contributed by atoms with Gasteiger partial charge in [-0.15, -0.1) is 11.3 Å². The van der Waals surface area contributed by atoms with Crippen LogP contribution in [0.3, 0.4) is 0 Å². The Morgan fingerprint density at radius 1 is 1.24 bits per heavy atom. The van der Waals surface area contributed by atoms with E-state index in [0.717, 1.165) is 12.8 Å². The van der Waals surface area contributed by atoms with Gasteiger partial charge in [0.2, 0.25) is 5.95 Å². The van der Waals surface area contributed by atoms with Gasteiger partial charge in [0.1, 0.15) is 16.3 Å². The van der Waals surface area contributed by atoms with Crippen molar-refractivity contribution in [3.05, 3.63) is 56.7 Å². The van der Waals surface area contributed by atoms with E-state index >= 15 is 0 Å². The fourth-order valence-corrected chi connectivity index (χ4v) is 6.13. The van der Waals surface area contributed by atoms with Gasteiger partial charge in [-0.2, -0.15) is 5.26 Å². The summed E-state index contributed by atoms with van der Waals surface area (Å²) in [5.74, 6) is -0.349. The van der Waals surface area contributed by atoms with E-state index in [1.807, 2.05) is 17.0 Å². The SMILES string of the molecule is COC(=O)C1CCCN1C(=O)c1csc2c(=O)n(Cc3ccccc3C#N)c(N3CCC[C@@H](N)C3)nc12. The summed E-state index contributed by atoms with van der Waals surface area (Å²) in [5.41, 5.74) is 7.81. The molecule has 2 fully saturated rings. The van der Waals surface area contributed by atoms with Crippen molar-refractivity contribution in [3.63, 3.8) is 0 Å². The van der Waals surface area contributed by atoms with Gasteiger partial charge in [-0.3, -0.25) is 14.2 Å². The predicted molar refractivity (Wildman–Crippen MR) is 140 cm³/mol. The Kier molecular flexibility index (Phi) is 6.95. The van der Waals surface area contributed by atoms with Crippen LogP contribution in [0.1, 0.15) is 47.2 Å². The van der Waals surface area contributed by atoms with E-state index in [4.69, 9.17) is 15.5 Å². The number of nitrogens with two attached hydrogens (primary N) is 1. The molecule has 2 aromatic heterocycles. The molecule has 192 valence electrons. The van der Waals surface area contributed by atoms with Gasteiger partial charge in [0, 0.05) is 31.1 Å². The molecular weight excluding hydrogens is 492 g/mol. The molecule has 4 heterocycles. The highest BCUT2D eigenvalue weighted by molar-refractivity contribution is 7.17. The third-order valence-electron chi connectivity index (χ3n) is 7.08. The number of nitrogens with zero attached hydrogens (tertiary/aromatic N) is 5. The number of rotatable bonds is 5. The second kappa shape index (κ2) is 10.3. The largest absolute Gasteiger partial charge is 0.467 e. The van der Waals surface area contributed by atoms with Crippen molar-refractivity contribution in [3.8, 4) is 6.07 Å². The fourth-order valence-electron chi connectivity index (χ4n) is 5.20. The average Bonchev–Trinajstić information content (AvgIpc) is 3.57. The molecule has 1 aromatic carbocycles. The zero-order chi connectivity index (χ0) is 26.1. The van der Waals surface area contributed by atoms with E-state index in [9.17, 15) is 19.6 Å². The van der Waals surface area contributed by atoms with Crippen molar-refractivity contribution in [2.24, 2.45) is 5.73 Å². The topological polar surface area (TPSA) is 135 Å². The van der Waals surface area contributed by atoms with Crippen LogP contribution >= 0.6 is 11.3 Å². The number of amides is 1. The van der Waals surface area contributed by atoms with Gasteiger partial charge in [0.05, 0.1) is 30.9 Å².